The Kier molecular flexibility index (Phi) is 8.02. The predicted molar refractivity (Wildman–Crippen MR) is 156 cm³/mol. The average molecular weight is 585 g/mol. The highest BCUT2D eigenvalue weighted by molar-refractivity contribution is 5.96. The number of halogens is 2. The molecule has 0 saturated heterocycles. The summed E-state index contributed by atoms with van der Waals surface area (Å²) in [6.45, 7) is 5.02. The van der Waals surface area contributed by atoms with Gasteiger partial charge in [0.15, 0.2) is 0 Å². The van der Waals surface area contributed by atoms with E-state index in [0.29, 0.717) is 19.4 Å². The van der Waals surface area contributed by atoms with Gasteiger partial charge in [0.05, 0.1) is 5.60 Å². The van der Waals surface area contributed by atoms with E-state index in [1.165, 1.54) is 12.1 Å². The van der Waals surface area contributed by atoms with Crippen LogP contribution < -0.4 is 15.0 Å². The molecule has 4 aliphatic rings. The summed E-state index contributed by atoms with van der Waals surface area (Å²) in [6.07, 6.45) is 5.66. The number of fused-ring (bicyclic) bond motifs is 3. The maximum absolute atomic E-state index is 13.9. The van der Waals surface area contributed by atoms with Crippen LogP contribution in [0.4, 0.5) is 19.3 Å². The third kappa shape index (κ3) is 6.88. The lowest BCUT2D eigenvalue weighted by Crippen LogP contribution is -2.60. The van der Waals surface area contributed by atoms with Crippen LogP contribution >= 0.6 is 0 Å². The summed E-state index contributed by atoms with van der Waals surface area (Å²) in [7, 11) is 0. The summed E-state index contributed by atoms with van der Waals surface area (Å²) in [6, 6.07) is 14.2. The van der Waals surface area contributed by atoms with Crippen LogP contribution in [0.1, 0.15) is 79.1 Å². The van der Waals surface area contributed by atoms with Crippen LogP contribution in [0, 0.1) is 11.3 Å². The van der Waals surface area contributed by atoms with Crippen molar-refractivity contribution in [1.82, 2.24) is 5.32 Å². The quantitative estimate of drug-likeness (QED) is 0.347. The zero-order valence-electron chi connectivity index (χ0n) is 24.9. The largest absolute Gasteiger partial charge is 0.444 e. The van der Waals surface area contributed by atoms with E-state index in [2.05, 4.69) is 10.1 Å². The van der Waals surface area contributed by atoms with Crippen molar-refractivity contribution in [2.45, 2.75) is 102 Å². The second kappa shape index (κ2) is 11.1. The fourth-order valence-electron chi connectivity index (χ4n) is 6.92. The molecule has 6 rings (SSSR count). The van der Waals surface area contributed by atoms with E-state index in [1.807, 2.05) is 49.9 Å². The van der Waals surface area contributed by atoms with Crippen LogP contribution in [-0.4, -0.2) is 47.0 Å². The van der Waals surface area contributed by atoms with E-state index >= 15 is 0 Å². The Hall–Kier alpha value is -3.20. The monoisotopic (exact) mass is 584 g/mol. The molecule has 0 aromatic heterocycles. The van der Waals surface area contributed by atoms with E-state index in [9.17, 15) is 23.5 Å². The van der Waals surface area contributed by atoms with Crippen LogP contribution in [0.3, 0.4) is 0 Å². The van der Waals surface area contributed by atoms with E-state index in [0.717, 1.165) is 55.3 Å². The van der Waals surface area contributed by atoms with Gasteiger partial charge in [0.2, 0.25) is 5.91 Å². The molecule has 0 aliphatic heterocycles. The van der Waals surface area contributed by atoms with Crippen LogP contribution in [0.2, 0.25) is 0 Å². The summed E-state index contributed by atoms with van der Waals surface area (Å²) in [5, 5.41) is 13.5. The van der Waals surface area contributed by atoms with Gasteiger partial charge in [-0.25, -0.2) is 4.79 Å². The predicted octanol–water partition coefficient (Wildman–Crippen LogP) is 7.07. The molecular formula is C33H42F2N2O5. The molecule has 42 heavy (non-hydrogen) atoms. The van der Waals surface area contributed by atoms with E-state index < -0.39 is 17.8 Å². The smallest absolute Gasteiger partial charge is 0.408 e. The molecule has 9 heteroatoms. The number of rotatable bonds is 8. The molecule has 7 nitrogen and oxygen atoms in total. The number of nitrogens with one attached hydrogen (secondary N) is 1. The molecule has 2 bridgehead atoms. The van der Waals surface area contributed by atoms with E-state index in [4.69, 9.17) is 4.74 Å². The highest BCUT2D eigenvalue weighted by Gasteiger charge is 2.52. The first-order valence-electron chi connectivity index (χ1n) is 14.9. The second-order valence-electron chi connectivity index (χ2n) is 13.9. The highest BCUT2D eigenvalue weighted by Crippen LogP contribution is 2.53. The fraction of sp³-hybridized carbons (Fsp3) is 0.576. The van der Waals surface area contributed by atoms with Crippen molar-refractivity contribution in [3.63, 3.8) is 0 Å². The normalized spacial score (nSPS) is 28.6. The van der Waals surface area contributed by atoms with Gasteiger partial charge in [-0.1, -0.05) is 24.3 Å². The van der Waals surface area contributed by atoms with Crippen molar-refractivity contribution < 1.29 is 33.0 Å². The molecule has 0 unspecified atom stereocenters. The number of benzene rings is 2. The van der Waals surface area contributed by atoms with Gasteiger partial charge in [0.1, 0.15) is 11.4 Å². The van der Waals surface area contributed by atoms with Gasteiger partial charge in [-0.15, -0.1) is 0 Å². The lowest BCUT2D eigenvalue weighted by molar-refractivity contribution is -0.137. The van der Waals surface area contributed by atoms with Crippen molar-refractivity contribution in [3.05, 3.63) is 48.5 Å². The van der Waals surface area contributed by atoms with Crippen LogP contribution in [0.25, 0.3) is 11.1 Å². The number of alkyl carbamates (subject to hydrolysis) is 1. The molecule has 4 fully saturated rings. The minimum absolute atomic E-state index is 0.0167. The maximum Gasteiger partial charge on any atom is 0.408 e. The standard InChI is InChI=1S/C33H42F2N2O5/c1-30(2,3)42-29(39)36-33-15-12-32(13-16-33,14-17-33)21-37(27(38)24-19-31(4,40)20-24)25-7-5-6-23(18-25)22-8-10-26(11-9-22)41-28(34)35/h5-11,18,24,28,40H,12-17,19-21H2,1-4H3,(H,36,39). The molecule has 4 aliphatic carbocycles. The Morgan fingerprint density at radius 2 is 1.62 bits per heavy atom. The van der Waals surface area contributed by atoms with Crippen LogP contribution in [0.15, 0.2) is 48.5 Å². The molecule has 0 atom stereocenters. The molecule has 0 heterocycles. The molecule has 0 radical (unpaired) electrons. The van der Waals surface area contributed by atoms with Crippen LogP contribution in [0.5, 0.6) is 5.75 Å². The van der Waals surface area contributed by atoms with Gasteiger partial charge in [0, 0.05) is 23.7 Å². The summed E-state index contributed by atoms with van der Waals surface area (Å²) >= 11 is 0. The average Bonchev–Trinajstić information content (AvgIpc) is 2.90. The maximum atomic E-state index is 13.9. The lowest BCUT2D eigenvalue weighted by Gasteiger charge is -2.55. The van der Waals surface area contributed by atoms with Gasteiger partial charge in [-0.05, 0) is 120 Å². The number of ether oxygens (including phenoxy) is 2. The lowest BCUT2D eigenvalue weighted by atomic mass is 9.57. The van der Waals surface area contributed by atoms with Gasteiger partial charge < -0.3 is 24.8 Å². The number of alkyl halides is 2. The summed E-state index contributed by atoms with van der Waals surface area (Å²) in [5.41, 5.74) is 0.743. The number of carbonyl (C=O) groups excluding carboxylic acids is 2. The Balaban J connectivity index is 1.35. The van der Waals surface area contributed by atoms with E-state index in [-0.39, 0.29) is 34.6 Å². The van der Waals surface area contributed by atoms with Gasteiger partial charge in [0.25, 0.3) is 0 Å². The number of amides is 2. The molecule has 228 valence electrons. The zero-order chi connectivity index (χ0) is 30.3. The Morgan fingerprint density at radius 1 is 1.00 bits per heavy atom. The van der Waals surface area contributed by atoms with E-state index in [1.54, 1.807) is 19.1 Å². The number of nitrogens with zero attached hydrogens (tertiary/aromatic N) is 1. The van der Waals surface area contributed by atoms with Crippen molar-refractivity contribution >= 4 is 17.7 Å². The third-order valence-corrected chi connectivity index (χ3v) is 9.22. The molecule has 0 spiro atoms. The topological polar surface area (TPSA) is 88.1 Å². The van der Waals surface area contributed by atoms with Gasteiger partial charge in [-0.3, -0.25) is 4.79 Å². The molecule has 2 amide bonds. The summed E-state index contributed by atoms with van der Waals surface area (Å²) in [5.74, 6) is -0.140. The number of aliphatic hydroxyl groups is 1. The Morgan fingerprint density at radius 3 is 2.17 bits per heavy atom. The van der Waals surface area contributed by atoms with Gasteiger partial charge in [-0.2, -0.15) is 8.78 Å². The second-order valence-corrected chi connectivity index (χ2v) is 13.9. The third-order valence-electron chi connectivity index (χ3n) is 9.22. The molecule has 2 aromatic carbocycles. The fourth-order valence-corrected chi connectivity index (χ4v) is 6.92. The molecule has 4 saturated carbocycles. The molecule has 2 aromatic rings. The van der Waals surface area contributed by atoms with Crippen molar-refractivity contribution in [3.8, 4) is 16.9 Å². The van der Waals surface area contributed by atoms with Crippen molar-refractivity contribution in [1.29, 1.82) is 0 Å². The number of hydrogen-bond donors (Lipinski definition) is 2. The first-order chi connectivity index (χ1) is 19.7. The van der Waals surface area contributed by atoms with Crippen molar-refractivity contribution in [2.24, 2.45) is 11.3 Å². The minimum Gasteiger partial charge on any atom is -0.444 e. The molecular weight excluding hydrogens is 542 g/mol. The number of carbonyl (C=O) groups is 2. The highest BCUT2D eigenvalue weighted by atomic mass is 19.3. The SMILES string of the molecule is CC1(O)CC(C(=O)N(CC23CCC(NC(=O)OC(C)(C)C)(CC2)CC3)c2cccc(-c3ccc(OC(F)F)cc3)c2)C1. The Bertz CT molecular complexity index is 1270. The number of hydrogen-bond acceptors (Lipinski definition) is 5. The molecule has 2 N–H and O–H groups in total. The Labute approximate surface area is 246 Å². The summed E-state index contributed by atoms with van der Waals surface area (Å²) in [4.78, 5) is 28.4. The van der Waals surface area contributed by atoms with Gasteiger partial charge >= 0.3 is 12.7 Å². The first-order valence-corrected chi connectivity index (χ1v) is 14.9. The van der Waals surface area contributed by atoms with Crippen molar-refractivity contribution in [2.75, 3.05) is 11.4 Å². The first kappa shape index (κ1) is 30.3. The summed E-state index contributed by atoms with van der Waals surface area (Å²) < 4.78 is 35.2. The minimum atomic E-state index is -2.89. The van der Waals surface area contributed by atoms with Crippen LogP contribution in [-0.2, 0) is 9.53 Å². The zero-order valence-corrected chi connectivity index (χ0v) is 24.9. The number of anilines is 1.